The zero-order valence-electron chi connectivity index (χ0n) is 13.2. The second-order valence-electron chi connectivity index (χ2n) is 5.35. The van der Waals surface area contributed by atoms with Gasteiger partial charge in [0, 0.05) is 17.0 Å². The summed E-state index contributed by atoms with van der Waals surface area (Å²) in [4.78, 5) is 24.9. The Bertz CT molecular complexity index is 873. The number of rotatable bonds is 5. The Balaban J connectivity index is 1.66. The first kappa shape index (κ1) is 16.9. The molecule has 6 heteroatoms. The van der Waals surface area contributed by atoms with Gasteiger partial charge in [0.2, 0.25) is 0 Å². The van der Waals surface area contributed by atoms with E-state index in [0.717, 1.165) is 16.0 Å². The first-order chi connectivity index (χ1) is 12.2. The average Bonchev–Trinajstić information content (AvgIpc) is 3.16. The van der Waals surface area contributed by atoms with Crippen molar-refractivity contribution in [2.24, 2.45) is 0 Å². The predicted octanol–water partition coefficient (Wildman–Crippen LogP) is 3.46. The summed E-state index contributed by atoms with van der Waals surface area (Å²) in [5.74, 6) is -0.671. The summed E-state index contributed by atoms with van der Waals surface area (Å²) in [6, 6.07) is 20.3. The van der Waals surface area contributed by atoms with Crippen molar-refractivity contribution in [1.29, 1.82) is 0 Å². The van der Waals surface area contributed by atoms with Gasteiger partial charge < -0.3 is 5.32 Å². The highest BCUT2D eigenvalue weighted by Crippen LogP contribution is 2.28. The molecule has 0 saturated carbocycles. The van der Waals surface area contributed by atoms with Crippen molar-refractivity contribution in [1.82, 2.24) is 10.8 Å². The number of nitrogens with one attached hydrogen (secondary N) is 2. The molecule has 0 atom stereocenters. The lowest BCUT2D eigenvalue weighted by atomic mass is 10.1. The Morgan fingerprint density at radius 1 is 0.880 bits per heavy atom. The number of hydroxylamine groups is 1. The van der Waals surface area contributed by atoms with Gasteiger partial charge in [0.15, 0.2) is 0 Å². The van der Waals surface area contributed by atoms with Gasteiger partial charge in [-0.3, -0.25) is 14.8 Å². The molecule has 1 heterocycles. The van der Waals surface area contributed by atoms with Crippen molar-refractivity contribution >= 4 is 23.2 Å². The molecule has 126 valence electrons. The molecular formula is C19H16N2O3S. The van der Waals surface area contributed by atoms with Gasteiger partial charge in [-0.2, -0.15) is 0 Å². The number of benzene rings is 2. The topological polar surface area (TPSA) is 78.4 Å². The first-order valence-corrected chi connectivity index (χ1v) is 8.46. The largest absolute Gasteiger partial charge is 0.348 e. The summed E-state index contributed by atoms with van der Waals surface area (Å²) in [6.45, 7) is 0.478. The van der Waals surface area contributed by atoms with Crippen molar-refractivity contribution < 1.29 is 14.8 Å². The minimum atomic E-state index is -0.534. The van der Waals surface area contributed by atoms with Gasteiger partial charge in [0.05, 0.1) is 4.88 Å². The van der Waals surface area contributed by atoms with E-state index in [1.807, 2.05) is 42.5 Å². The third-order valence-corrected chi connectivity index (χ3v) is 4.79. The van der Waals surface area contributed by atoms with Crippen LogP contribution >= 0.6 is 11.3 Å². The highest BCUT2D eigenvalue weighted by Gasteiger charge is 2.10. The van der Waals surface area contributed by atoms with E-state index in [9.17, 15) is 9.59 Å². The molecule has 2 aromatic carbocycles. The van der Waals surface area contributed by atoms with Crippen LogP contribution in [0.2, 0.25) is 0 Å². The SMILES string of the molecule is O=C(NCc1ccccc1)c1ccc(-c2ccc(C(=O)NO)s2)cc1. The van der Waals surface area contributed by atoms with Crippen LogP contribution in [0.25, 0.3) is 10.4 Å². The van der Waals surface area contributed by atoms with E-state index in [2.05, 4.69) is 5.32 Å². The lowest BCUT2D eigenvalue weighted by Crippen LogP contribution is -2.22. The molecule has 2 amide bonds. The molecule has 0 radical (unpaired) electrons. The van der Waals surface area contributed by atoms with Crippen molar-refractivity contribution in [3.05, 3.63) is 82.7 Å². The molecular weight excluding hydrogens is 336 g/mol. The van der Waals surface area contributed by atoms with Crippen LogP contribution in [0.1, 0.15) is 25.6 Å². The van der Waals surface area contributed by atoms with Crippen LogP contribution in [-0.4, -0.2) is 17.0 Å². The standard InChI is InChI=1S/C19H16N2O3S/c22-18(20-12-13-4-2-1-3-5-13)15-8-6-14(7-9-15)16-10-11-17(25-16)19(23)21-24/h1-11,24H,12H2,(H,20,22)(H,21,23). The monoisotopic (exact) mass is 352 g/mol. The maximum absolute atomic E-state index is 12.2. The van der Waals surface area contributed by atoms with E-state index in [1.54, 1.807) is 29.7 Å². The fourth-order valence-corrected chi connectivity index (χ4v) is 3.24. The van der Waals surface area contributed by atoms with Crippen LogP contribution in [0.15, 0.2) is 66.7 Å². The Morgan fingerprint density at radius 2 is 1.60 bits per heavy atom. The molecule has 25 heavy (non-hydrogen) atoms. The van der Waals surface area contributed by atoms with Gasteiger partial charge in [-0.25, -0.2) is 5.48 Å². The van der Waals surface area contributed by atoms with Gasteiger partial charge in [0.1, 0.15) is 0 Å². The maximum Gasteiger partial charge on any atom is 0.284 e. The molecule has 0 unspecified atom stereocenters. The number of hydrogen-bond donors (Lipinski definition) is 3. The molecule has 0 fully saturated rings. The minimum Gasteiger partial charge on any atom is -0.348 e. The molecule has 3 aromatic rings. The number of thiophene rings is 1. The van der Waals surface area contributed by atoms with Gasteiger partial charge in [-0.05, 0) is 35.4 Å². The van der Waals surface area contributed by atoms with Crippen LogP contribution in [0.5, 0.6) is 0 Å². The lowest BCUT2D eigenvalue weighted by molar-refractivity contribution is 0.0711. The molecule has 0 aliphatic carbocycles. The summed E-state index contributed by atoms with van der Waals surface area (Å²) in [6.07, 6.45) is 0. The Labute approximate surface area is 148 Å². The molecule has 0 bridgehead atoms. The third-order valence-electron chi connectivity index (χ3n) is 3.66. The van der Waals surface area contributed by atoms with Crippen molar-refractivity contribution in [3.8, 4) is 10.4 Å². The molecule has 3 N–H and O–H groups in total. The molecule has 5 nitrogen and oxygen atoms in total. The normalized spacial score (nSPS) is 10.3. The van der Waals surface area contributed by atoms with Gasteiger partial charge in [-0.1, -0.05) is 42.5 Å². The first-order valence-electron chi connectivity index (χ1n) is 7.64. The van der Waals surface area contributed by atoms with Crippen LogP contribution in [-0.2, 0) is 6.54 Å². The maximum atomic E-state index is 12.2. The van der Waals surface area contributed by atoms with E-state index in [-0.39, 0.29) is 5.91 Å². The number of hydrogen-bond acceptors (Lipinski definition) is 4. The van der Waals surface area contributed by atoms with Crippen LogP contribution in [0.4, 0.5) is 0 Å². The third kappa shape index (κ3) is 4.12. The van der Waals surface area contributed by atoms with Gasteiger partial charge >= 0.3 is 0 Å². The number of carbonyl (C=O) groups is 2. The summed E-state index contributed by atoms with van der Waals surface area (Å²) in [5, 5.41) is 11.5. The molecule has 0 spiro atoms. The van der Waals surface area contributed by atoms with Crippen LogP contribution in [0.3, 0.4) is 0 Å². The van der Waals surface area contributed by atoms with Crippen molar-refractivity contribution in [2.75, 3.05) is 0 Å². The lowest BCUT2D eigenvalue weighted by Gasteiger charge is -2.06. The minimum absolute atomic E-state index is 0.137. The van der Waals surface area contributed by atoms with Crippen LogP contribution in [0, 0.1) is 0 Å². The van der Waals surface area contributed by atoms with E-state index in [1.165, 1.54) is 11.3 Å². The Hall–Kier alpha value is -2.96. The van der Waals surface area contributed by atoms with Crippen molar-refractivity contribution in [2.45, 2.75) is 6.54 Å². The summed E-state index contributed by atoms with van der Waals surface area (Å²) >= 11 is 1.27. The van der Waals surface area contributed by atoms with Crippen LogP contribution < -0.4 is 10.8 Å². The quantitative estimate of drug-likeness (QED) is 0.486. The summed E-state index contributed by atoms with van der Waals surface area (Å²) in [5.41, 5.74) is 4.14. The summed E-state index contributed by atoms with van der Waals surface area (Å²) < 4.78 is 0. The zero-order chi connectivity index (χ0) is 17.6. The Morgan fingerprint density at radius 3 is 2.28 bits per heavy atom. The van der Waals surface area contributed by atoms with E-state index >= 15 is 0 Å². The van der Waals surface area contributed by atoms with E-state index < -0.39 is 5.91 Å². The van der Waals surface area contributed by atoms with E-state index in [4.69, 9.17) is 5.21 Å². The van der Waals surface area contributed by atoms with Gasteiger partial charge in [-0.15, -0.1) is 11.3 Å². The van der Waals surface area contributed by atoms with Gasteiger partial charge in [0.25, 0.3) is 11.8 Å². The van der Waals surface area contributed by atoms with E-state index in [0.29, 0.717) is 17.0 Å². The average molecular weight is 352 g/mol. The zero-order valence-corrected chi connectivity index (χ0v) is 14.0. The second-order valence-corrected chi connectivity index (χ2v) is 6.43. The molecule has 3 rings (SSSR count). The highest BCUT2D eigenvalue weighted by molar-refractivity contribution is 7.17. The molecule has 1 aromatic heterocycles. The smallest absolute Gasteiger partial charge is 0.284 e. The predicted molar refractivity (Wildman–Crippen MR) is 96.6 cm³/mol. The number of amides is 2. The molecule has 0 aliphatic rings. The molecule has 0 aliphatic heterocycles. The molecule has 0 saturated heterocycles. The highest BCUT2D eigenvalue weighted by atomic mass is 32.1. The fraction of sp³-hybridized carbons (Fsp3) is 0.0526. The summed E-state index contributed by atoms with van der Waals surface area (Å²) in [7, 11) is 0. The Kier molecular flexibility index (Phi) is 5.23. The van der Waals surface area contributed by atoms with Crippen molar-refractivity contribution in [3.63, 3.8) is 0 Å². The number of carbonyl (C=O) groups excluding carboxylic acids is 2. The fourth-order valence-electron chi connectivity index (χ4n) is 2.34. The second kappa shape index (κ2) is 7.74.